The predicted octanol–water partition coefficient (Wildman–Crippen LogP) is 3.58. The second kappa shape index (κ2) is 10.8. The number of nitrogens with zero attached hydrogens (tertiary/aromatic N) is 3. The van der Waals surface area contributed by atoms with Crippen LogP contribution in [0.3, 0.4) is 0 Å². The lowest BCUT2D eigenvalue weighted by Gasteiger charge is -2.48. The summed E-state index contributed by atoms with van der Waals surface area (Å²) in [6.07, 6.45) is -5.12. The van der Waals surface area contributed by atoms with Gasteiger partial charge in [-0.15, -0.1) is 0 Å². The summed E-state index contributed by atoms with van der Waals surface area (Å²) in [7, 11) is 0. The lowest BCUT2D eigenvalue weighted by molar-refractivity contribution is -0.349. The van der Waals surface area contributed by atoms with E-state index in [0.717, 1.165) is 11.1 Å². The zero-order valence-electron chi connectivity index (χ0n) is 18.0. The van der Waals surface area contributed by atoms with Gasteiger partial charge in [-0.1, -0.05) is 65.8 Å². The van der Waals surface area contributed by atoms with Gasteiger partial charge in [-0.3, -0.25) is 0 Å². The predicted molar refractivity (Wildman–Crippen MR) is 115 cm³/mol. The van der Waals surface area contributed by atoms with Crippen LogP contribution in [-0.2, 0) is 35.1 Å². The number of azide groups is 1. The molecular formula is C23H25N3O7. The van der Waals surface area contributed by atoms with Crippen molar-refractivity contribution in [2.24, 2.45) is 5.11 Å². The highest BCUT2D eigenvalue weighted by molar-refractivity contribution is 5.71. The van der Waals surface area contributed by atoms with Crippen molar-refractivity contribution < 1.29 is 33.6 Å². The second-order valence-electron chi connectivity index (χ2n) is 7.79. The van der Waals surface area contributed by atoms with Gasteiger partial charge in [0.15, 0.2) is 18.7 Å². The Balaban J connectivity index is 1.59. The lowest BCUT2D eigenvalue weighted by Crippen LogP contribution is -2.63. The van der Waals surface area contributed by atoms with E-state index in [0.29, 0.717) is 0 Å². The Hall–Kier alpha value is -2.98. The van der Waals surface area contributed by atoms with E-state index in [-0.39, 0.29) is 13.2 Å². The molecular weight excluding hydrogens is 430 g/mol. The molecule has 0 bridgehead atoms. The summed E-state index contributed by atoms with van der Waals surface area (Å²) in [5, 5.41) is 13.3. The van der Waals surface area contributed by atoms with Crippen LogP contribution in [0.15, 0.2) is 65.8 Å². The van der Waals surface area contributed by atoms with Crippen LogP contribution in [0.5, 0.6) is 0 Å². The van der Waals surface area contributed by atoms with Gasteiger partial charge in [0.25, 0.3) is 0 Å². The topological polar surface area (TPSA) is 132 Å². The van der Waals surface area contributed by atoms with Crippen molar-refractivity contribution in [1.29, 1.82) is 0 Å². The van der Waals surface area contributed by atoms with Gasteiger partial charge < -0.3 is 28.8 Å². The van der Waals surface area contributed by atoms with E-state index >= 15 is 0 Å². The summed E-state index contributed by atoms with van der Waals surface area (Å²) in [5.41, 5.74) is 10.9. The maximum Gasteiger partial charge on any atom is 0.332 e. The summed E-state index contributed by atoms with van der Waals surface area (Å²) in [4.78, 5) is 14.5. The minimum absolute atomic E-state index is 0.166. The van der Waals surface area contributed by atoms with Crippen molar-refractivity contribution >= 4 is 5.97 Å². The number of benzene rings is 2. The zero-order valence-corrected chi connectivity index (χ0v) is 18.0. The van der Waals surface area contributed by atoms with E-state index in [1.165, 1.54) is 6.92 Å². The maximum absolute atomic E-state index is 11.5. The summed E-state index contributed by atoms with van der Waals surface area (Å²) in [6, 6.07) is 17.8. The molecule has 2 aromatic carbocycles. The van der Waals surface area contributed by atoms with Crippen LogP contribution in [0.4, 0.5) is 0 Å². The van der Waals surface area contributed by atoms with Crippen LogP contribution in [0.2, 0.25) is 0 Å². The molecule has 10 nitrogen and oxygen atoms in total. The first-order valence-corrected chi connectivity index (χ1v) is 10.6. The van der Waals surface area contributed by atoms with Gasteiger partial charge >= 0.3 is 5.97 Å². The van der Waals surface area contributed by atoms with Gasteiger partial charge in [0.05, 0.1) is 13.2 Å². The van der Waals surface area contributed by atoms with Crippen molar-refractivity contribution in [2.75, 3.05) is 6.61 Å². The van der Waals surface area contributed by atoms with Crippen LogP contribution < -0.4 is 0 Å². The van der Waals surface area contributed by atoms with Gasteiger partial charge in [0.1, 0.15) is 24.4 Å². The number of rotatable bonds is 8. The number of fused-ring (bicyclic) bond motifs is 1. The molecule has 4 rings (SSSR count). The summed E-state index contributed by atoms with van der Waals surface area (Å²) in [6.45, 7) is 1.78. The summed E-state index contributed by atoms with van der Waals surface area (Å²) < 4.78 is 29.9. The van der Waals surface area contributed by atoms with Crippen LogP contribution >= 0.6 is 0 Å². The molecule has 0 saturated carbocycles. The summed E-state index contributed by atoms with van der Waals surface area (Å²) >= 11 is 0. The highest BCUT2D eigenvalue weighted by atomic mass is 16.8. The fourth-order valence-corrected chi connectivity index (χ4v) is 3.86. The molecule has 174 valence electrons. The molecule has 1 N–H and O–H groups in total. The number of ether oxygens (including phenoxy) is 5. The van der Waals surface area contributed by atoms with E-state index in [4.69, 9.17) is 23.7 Å². The molecule has 2 fully saturated rings. The van der Waals surface area contributed by atoms with Gasteiger partial charge in [0, 0.05) is 10.5 Å². The Morgan fingerprint density at radius 1 is 1.18 bits per heavy atom. The van der Waals surface area contributed by atoms with Crippen molar-refractivity contribution in [3.05, 3.63) is 82.2 Å². The molecule has 2 heterocycles. The number of hydrogen-bond acceptors (Lipinski definition) is 7. The quantitative estimate of drug-likeness (QED) is 0.365. The number of carboxylic acid groups (broad SMARTS) is 1. The third-order valence-electron chi connectivity index (χ3n) is 5.53. The van der Waals surface area contributed by atoms with Crippen LogP contribution in [-0.4, -0.2) is 54.4 Å². The molecule has 0 amide bonds. The molecule has 0 aromatic heterocycles. The van der Waals surface area contributed by atoms with E-state index in [1.54, 1.807) is 0 Å². The number of carboxylic acids is 1. The minimum Gasteiger partial charge on any atom is -0.479 e. The molecule has 10 heteroatoms. The Bertz CT molecular complexity index is 971. The van der Waals surface area contributed by atoms with Gasteiger partial charge in [-0.05, 0) is 18.0 Å². The van der Waals surface area contributed by atoms with Crippen LogP contribution in [0.1, 0.15) is 24.3 Å². The van der Waals surface area contributed by atoms with Gasteiger partial charge in [-0.2, -0.15) is 0 Å². The Kier molecular flexibility index (Phi) is 7.56. The van der Waals surface area contributed by atoms with E-state index in [1.807, 2.05) is 60.7 Å². The molecule has 2 aromatic rings. The third kappa shape index (κ3) is 5.51. The standard InChI is InChI=1S/C23H25N3O7/c1-14(21(27)28)31-20-18(25-26-24)23(29-12-15-8-4-2-5-9-15)32-17-13-30-22(33-19(17)20)16-10-6-3-7-11-16/h2-11,14,17-20,22-23H,12-13H2,1H3,(H,27,28)/t14?,17?,18?,19?,20?,22-,23+/m0/s1. The van der Waals surface area contributed by atoms with Gasteiger partial charge in [0.2, 0.25) is 0 Å². The molecule has 2 aliphatic rings. The molecule has 0 aliphatic carbocycles. The molecule has 2 saturated heterocycles. The second-order valence-corrected chi connectivity index (χ2v) is 7.79. The Labute approximate surface area is 190 Å². The van der Waals surface area contributed by atoms with E-state index < -0.39 is 49.0 Å². The average molecular weight is 455 g/mol. The minimum atomic E-state index is -1.17. The van der Waals surface area contributed by atoms with Crippen molar-refractivity contribution in [3.8, 4) is 0 Å². The number of hydrogen-bond donors (Lipinski definition) is 1. The SMILES string of the molecule is CC(OC1C2O[C@@H](c3ccccc3)OCC2O[C@@H](OCc2ccccc2)C1N=[N+]=[N-])C(=O)O. The maximum atomic E-state index is 11.5. The Morgan fingerprint density at radius 3 is 2.55 bits per heavy atom. The fourth-order valence-electron chi connectivity index (χ4n) is 3.86. The van der Waals surface area contributed by atoms with Crippen molar-refractivity contribution in [1.82, 2.24) is 0 Å². The average Bonchev–Trinajstić information content (AvgIpc) is 2.85. The number of aliphatic carboxylic acids is 1. The van der Waals surface area contributed by atoms with E-state index in [2.05, 4.69) is 10.0 Å². The first kappa shape index (κ1) is 23.2. The van der Waals surface area contributed by atoms with Crippen molar-refractivity contribution in [3.63, 3.8) is 0 Å². The first-order chi connectivity index (χ1) is 16.1. The molecule has 33 heavy (non-hydrogen) atoms. The number of carbonyl (C=O) groups is 1. The largest absolute Gasteiger partial charge is 0.479 e. The molecule has 0 spiro atoms. The van der Waals surface area contributed by atoms with Crippen LogP contribution in [0.25, 0.3) is 10.4 Å². The third-order valence-corrected chi connectivity index (χ3v) is 5.53. The smallest absolute Gasteiger partial charge is 0.332 e. The highest BCUT2D eigenvalue weighted by Crippen LogP contribution is 2.37. The zero-order chi connectivity index (χ0) is 23.2. The molecule has 2 aliphatic heterocycles. The monoisotopic (exact) mass is 455 g/mol. The normalized spacial score (nSPS) is 30.0. The fraction of sp³-hybridized carbons (Fsp3) is 0.435. The lowest BCUT2D eigenvalue weighted by atomic mass is 9.95. The molecule has 7 atom stereocenters. The van der Waals surface area contributed by atoms with Crippen LogP contribution in [0, 0.1) is 0 Å². The van der Waals surface area contributed by atoms with Crippen molar-refractivity contribution in [2.45, 2.75) is 56.6 Å². The molecule has 5 unspecified atom stereocenters. The van der Waals surface area contributed by atoms with E-state index in [9.17, 15) is 15.4 Å². The Morgan fingerprint density at radius 2 is 1.88 bits per heavy atom. The van der Waals surface area contributed by atoms with Gasteiger partial charge in [-0.25, -0.2) is 4.79 Å². The summed E-state index contributed by atoms with van der Waals surface area (Å²) in [5.74, 6) is -1.15. The highest BCUT2D eigenvalue weighted by Gasteiger charge is 2.51. The molecule has 0 radical (unpaired) electrons. The first-order valence-electron chi connectivity index (χ1n) is 10.6.